The Morgan fingerprint density at radius 3 is 3.08 bits per heavy atom. The van der Waals surface area contributed by atoms with E-state index in [1.54, 1.807) is 13.2 Å². The summed E-state index contributed by atoms with van der Waals surface area (Å²) in [7, 11) is 1.54. The molecule has 0 atom stereocenters. The minimum Gasteiger partial charge on any atom is -0.495 e. The van der Waals surface area contributed by atoms with Gasteiger partial charge in [0.1, 0.15) is 10.9 Å². The maximum Gasteiger partial charge on any atom is 0.137 e. The number of hydrogen-bond acceptors (Lipinski definition) is 3. The van der Waals surface area contributed by atoms with E-state index in [-0.39, 0.29) is 6.42 Å². The summed E-state index contributed by atoms with van der Waals surface area (Å²) in [6, 6.07) is 3.70. The lowest BCUT2D eigenvalue weighted by molar-refractivity contribution is 0.412. The van der Waals surface area contributed by atoms with E-state index in [9.17, 15) is 0 Å². The monoisotopic (exact) mass is 182 g/mol. The zero-order chi connectivity index (χ0) is 8.97. The maximum absolute atomic E-state index is 8.43. The van der Waals surface area contributed by atoms with Gasteiger partial charge in [0.15, 0.2) is 0 Å². The van der Waals surface area contributed by atoms with Gasteiger partial charge in [-0.3, -0.25) is 0 Å². The van der Waals surface area contributed by atoms with Crippen molar-refractivity contribution in [3.8, 4) is 11.8 Å². The van der Waals surface area contributed by atoms with Crippen LogP contribution in [0.2, 0.25) is 5.15 Å². The van der Waals surface area contributed by atoms with E-state index in [0.717, 1.165) is 0 Å². The maximum atomic E-state index is 8.43. The van der Waals surface area contributed by atoms with Crippen molar-refractivity contribution >= 4 is 11.6 Å². The molecule has 4 heteroatoms. The number of hydrogen-bond donors (Lipinski definition) is 0. The molecule has 1 aromatic rings. The molecule has 0 aliphatic rings. The summed E-state index contributed by atoms with van der Waals surface area (Å²) < 4.78 is 4.93. The Hall–Kier alpha value is -1.27. The van der Waals surface area contributed by atoms with Crippen LogP contribution in [0.5, 0.6) is 5.75 Å². The molecule has 3 nitrogen and oxygen atoms in total. The lowest BCUT2D eigenvalue weighted by atomic mass is 10.2. The Morgan fingerprint density at radius 1 is 1.75 bits per heavy atom. The first-order chi connectivity index (χ1) is 5.77. The molecular formula is C8H7ClN2O. The van der Waals surface area contributed by atoms with Gasteiger partial charge in [-0.1, -0.05) is 11.6 Å². The summed E-state index contributed by atoms with van der Waals surface area (Å²) in [6.07, 6.45) is 1.77. The lowest BCUT2D eigenvalue weighted by Gasteiger charge is -2.01. The molecule has 0 unspecified atom stereocenters. The summed E-state index contributed by atoms with van der Waals surface area (Å²) >= 11 is 5.71. The van der Waals surface area contributed by atoms with E-state index < -0.39 is 0 Å². The van der Waals surface area contributed by atoms with Gasteiger partial charge in [-0.25, -0.2) is 4.98 Å². The van der Waals surface area contributed by atoms with Crippen LogP contribution in [0, 0.1) is 11.3 Å². The molecule has 0 saturated heterocycles. The normalized spacial score (nSPS) is 9.08. The molecule has 1 rings (SSSR count). The highest BCUT2D eigenvalue weighted by atomic mass is 35.5. The second-order valence-corrected chi connectivity index (χ2v) is 2.52. The average molecular weight is 183 g/mol. The molecule has 62 valence electrons. The molecule has 0 N–H and O–H groups in total. The molecule has 1 heterocycles. The Kier molecular flexibility index (Phi) is 2.89. The zero-order valence-corrected chi connectivity index (χ0v) is 7.30. The summed E-state index contributed by atoms with van der Waals surface area (Å²) in [5.41, 5.74) is 0.693. The average Bonchev–Trinajstić information content (AvgIpc) is 2.09. The summed E-state index contributed by atoms with van der Waals surface area (Å²) in [4.78, 5) is 3.86. The van der Waals surface area contributed by atoms with Gasteiger partial charge in [-0.15, -0.1) is 0 Å². The number of aromatic nitrogens is 1. The van der Waals surface area contributed by atoms with Gasteiger partial charge in [0.2, 0.25) is 0 Å². The lowest BCUT2D eigenvalue weighted by Crippen LogP contribution is -1.90. The summed E-state index contributed by atoms with van der Waals surface area (Å²) in [5, 5.41) is 8.79. The SMILES string of the molecule is COc1cnc(Cl)c(CC#N)c1. The third-order valence-electron chi connectivity index (χ3n) is 1.39. The van der Waals surface area contributed by atoms with Crippen molar-refractivity contribution in [3.05, 3.63) is 23.0 Å². The molecule has 0 amide bonds. The molecule has 0 radical (unpaired) electrons. The topological polar surface area (TPSA) is 45.9 Å². The molecule has 0 aliphatic heterocycles. The van der Waals surface area contributed by atoms with Crippen LogP contribution in [-0.4, -0.2) is 12.1 Å². The Bertz CT molecular complexity index is 319. The van der Waals surface area contributed by atoms with Crippen LogP contribution < -0.4 is 4.74 Å². The highest BCUT2D eigenvalue weighted by Gasteiger charge is 2.02. The first-order valence-electron chi connectivity index (χ1n) is 3.33. The number of methoxy groups -OCH3 is 1. The van der Waals surface area contributed by atoms with E-state index in [1.807, 2.05) is 6.07 Å². The van der Waals surface area contributed by atoms with E-state index in [0.29, 0.717) is 16.5 Å². The van der Waals surface area contributed by atoms with Gasteiger partial charge in [-0.2, -0.15) is 5.26 Å². The minimum absolute atomic E-state index is 0.253. The number of nitriles is 1. The Labute approximate surface area is 75.6 Å². The molecular weight excluding hydrogens is 176 g/mol. The zero-order valence-electron chi connectivity index (χ0n) is 6.54. The van der Waals surface area contributed by atoms with Crippen LogP contribution >= 0.6 is 11.6 Å². The van der Waals surface area contributed by atoms with Crippen molar-refractivity contribution in [1.29, 1.82) is 5.26 Å². The molecule has 12 heavy (non-hydrogen) atoms. The fraction of sp³-hybridized carbons (Fsp3) is 0.250. The van der Waals surface area contributed by atoms with Crippen LogP contribution in [0.25, 0.3) is 0 Å². The molecule has 0 fully saturated rings. The molecule has 0 bridgehead atoms. The van der Waals surface area contributed by atoms with Crippen LogP contribution in [0.3, 0.4) is 0 Å². The van der Waals surface area contributed by atoms with Gasteiger partial charge in [0, 0.05) is 5.56 Å². The second kappa shape index (κ2) is 3.93. The molecule has 1 aromatic heterocycles. The van der Waals surface area contributed by atoms with E-state index in [2.05, 4.69) is 4.98 Å². The first kappa shape index (κ1) is 8.82. The number of rotatable bonds is 2. The smallest absolute Gasteiger partial charge is 0.137 e. The number of ether oxygens (including phenoxy) is 1. The third-order valence-corrected chi connectivity index (χ3v) is 1.73. The van der Waals surface area contributed by atoms with Gasteiger partial charge in [0.05, 0.1) is 25.8 Å². The van der Waals surface area contributed by atoms with Crippen molar-refractivity contribution in [2.24, 2.45) is 0 Å². The quantitative estimate of drug-likeness (QED) is 0.656. The van der Waals surface area contributed by atoms with Crippen molar-refractivity contribution in [2.75, 3.05) is 7.11 Å². The molecule has 0 aliphatic carbocycles. The fourth-order valence-electron chi connectivity index (χ4n) is 0.793. The highest BCUT2D eigenvalue weighted by molar-refractivity contribution is 6.30. The van der Waals surface area contributed by atoms with E-state index in [1.165, 1.54) is 6.20 Å². The first-order valence-corrected chi connectivity index (χ1v) is 3.71. The number of halogens is 1. The standard InChI is InChI=1S/C8H7ClN2O/c1-12-7-4-6(2-3-10)8(9)11-5-7/h4-5H,2H2,1H3. The van der Waals surface area contributed by atoms with Crippen LogP contribution in [0.4, 0.5) is 0 Å². The van der Waals surface area contributed by atoms with Gasteiger partial charge in [-0.05, 0) is 6.07 Å². The van der Waals surface area contributed by atoms with Crippen molar-refractivity contribution < 1.29 is 4.74 Å². The van der Waals surface area contributed by atoms with Gasteiger partial charge in [0.25, 0.3) is 0 Å². The highest BCUT2D eigenvalue weighted by Crippen LogP contribution is 2.18. The molecule has 0 aromatic carbocycles. The van der Waals surface area contributed by atoms with Crippen molar-refractivity contribution in [1.82, 2.24) is 4.98 Å². The molecule has 0 spiro atoms. The third kappa shape index (κ3) is 1.86. The van der Waals surface area contributed by atoms with Crippen LogP contribution in [0.15, 0.2) is 12.3 Å². The van der Waals surface area contributed by atoms with Crippen molar-refractivity contribution in [3.63, 3.8) is 0 Å². The summed E-state index contributed by atoms with van der Waals surface area (Å²) in [5.74, 6) is 0.615. The van der Waals surface area contributed by atoms with Crippen LogP contribution in [0.1, 0.15) is 5.56 Å². The van der Waals surface area contributed by atoms with E-state index >= 15 is 0 Å². The largest absolute Gasteiger partial charge is 0.495 e. The molecule has 0 saturated carbocycles. The summed E-state index contributed by atoms with van der Waals surface area (Å²) in [6.45, 7) is 0. The predicted octanol–water partition coefficient (Wildman–Crippen LogP) is 1.81. The predicted molar refractivity (Wildman–Crippen MR) is 45.1 cm³/mol. The fourth-order valence-corrected chi connectivity index (χ4v) is 0.963. The van der Waals surface area contributed by atoms with E-state index in [4.69, 9.17) is 21.6 Å². The number of pyridine rings is 1. The van der Waals surface area contributed by atoms with Crippen LogP contribution in [-0.2, 0) is 6.42 Å². The minimum atomic E-state index is 0.253. The van der Waals surface area contributed by atoms with Gasteiger partial charge < -0.3 is 4.74 Å². The van der Waals surface area contributed by atoms with Gasteiger partial charge >= 0.3 is 0 Å². The number of nitrogens with zero attached hydrogens (tertiary/aromatic N) is 2. The Morgan fingerprint density at radius 2 is 2.50 bits per heavy atom. The Balaban J connectivity index is 3.01. The second-order valence-electron chi connectivity index (χ2n) is 2.16. The van der Waals surface area contributed by atoms with Crippen molar-refractivity contribution in [2.45, 2.75) is 6.42 Å².